The van der Waals surface area contributed by atoms with Gasteiger partial charge < -0.3 is 9.84 Å². The molecule has 0 unspecified atom stereocenters. The second-order valence-electron chi connectivity index (χ2n) is 5.95. The van der Waals surface area contributed by atoms with Crippen molar-refractivity contribution in [2.45, 2.75) is 19.3 Å². The molecule has 0 bridgehead atoms. The van der Waals surface area contributed by atoms with Crippen molar-refractivity contribution in [1.82, 2.24) is 0 Å². The number of ether oxygens (including phenoxy) is 1. The van der Waals surface area contributed by atoms with Crippen LogP contribution in [0.5, 0.6) is 5.75 Å². The second kappa shape index (κ2) is 5.57. The summed E-state index contributed by atoms with van der Waals surface area (Å²) in [7, 11) is 1.63. The summed E-state index contributed by atoms with van der Waals surface area (Å²) in [6, 6.07) is 13.9. The van der Waals surface area contributed by atoms with E-state index in [-0.39, 0.29) is 5.92 Å². The monoisotopic (exact) mass is 408 g/mol. The molecule has 2 aromatic rings. The van der Waals surface area contributed by atoms with Crippen molar-refractivity contribution < 1.29 is 14.6 Å². The third-order valence-corrected chi connectivity index (χ3v) is 5.20. The number of carbonyl (C=O) groups is 1. The molecule has 4 heteroatoms. The van der Waals surface area contributed by atoms with Crippen LogP contribution in [-0.2, 0) is 11.2 Å². The molecular formula is C18H17IO3. The molecular weight excluding hydrogens is 391 g/mol. The number of benzene rings is 2. The second-order valence-corrected chi connectivity index (χ2v) is 7.20. The van der Waals surface area contributed by atoms with E-state index >= 15 is 0 Å². The Balaban J connectivity index is 2.20. The Kier molecular flexibility index (Phi) is 3.89. The quantitative estimate of drug-likeness (QED) is 0.779. The van der Waals surface area contributed by atoms with Crippen molar-refractivity contribution in [2.24, 2.45) is 5.41 Å². The van der Waals surface area contributed by atoms with Crippen LogP contribution in [0, 0.1) is 8.99 Å². The summed E-state index contributed by atoms with van der Waals surface area (Å²) in [5, 5.41) is 9.84. The normalized spacial score (nSPS) is 23.1. The SMILES string of the molecule is COc1cccc([C@@H]2c3cc(I)ccc3C[C@]2(C)C(=O)O)c1. The molecule has 2 atom stereocenters. The highest BCUT2D eigenvalue weighted by molar-refractivity contribution is 14.1. The summed E-state index contributed by atoms with van der Waals surface area (Å²) < 4.78 is 6.43. The molecule has 22 heavy (non-hydrogen) atoms. The number of carboxylic acid groups (broad SMARTS) is 1. The zero-order valence-electron chi connectivity index (χ0n) is 12.5. The zero-order valence-corrected chi connectivity index (χ0v) is 14.6. The number of aliphatic carboxylic acids is 1. The van der Waals surface area contributed by atoms with Crippen LogP contribution < -0.4 is 4.74 Å². The van der Waals surface area contributed by atoms with Crippen LogP contribution in [-0.4, -0.2) is 18.2 Å². The number of methoxy groups -OCH3 is 1. The Hall–Kier alpha value is -1.56. The first-order valence-electron chi connectivity index (χ1n) is 7.11. The maximum atomic E-state index is 12.0. The minimum Gasteiger partial charge on any atom is -0.497 e. The van der Waals surface area contributed by atoms with Crippen LogP contribution in [0.3, 0.4) is 0 Å². The van der Waals surface area contributed by atoms with Gasteiger partial charge in [-0.3, -0.25) is 4.79 Å². The van der Waals surface area contributed by atoms with Gasteiger partial charge in [0.2, 0.25) is 0 Å². The summed E-state index contributed by atoms with van der Waals surface area (Å²) in [6.45, 7) is 1.84. The lowest BCUT2D eigenvalue weighted by atomic mass is 9.74. The van der Waals surface area contributed by atoms with Gasteiger partial charge in [-0.2, -0.15) is 0 Å². The van der Waals surface area contributed by atoms with Crippen LogP contribution in [0.4, 0.5) is 0 Å². The fourth-order valence-corrected chi connectivity index (χ4v) is 3.92. The number of fused-ring (bicyclic) bond motifs is 1. The number of carboxylic acids is 1. The maximum Gasteiger partial charge on any atom is 0.310 e. The van der Waals surface area contributed by atoms with Gasteiger partial charge >= 0.3 is 5.97 Å². The third-order valence-electron chi connectivity index (χ3n) is 4.53. The molecule has 1 N–H and O–H groups in total. The molecule has 0 amide bonds. The van der Waals surface area contributed by atoms with Crippen LogP contribution in [0.1, 0.15) is 29.5 Å². The van der Waals surface area contributed by atoms with E-state index in [0.29, 0.717) is 6.42 Å². The molecule has 0 saturated carbocycles. The molecule has 0 radical (unpaired) electrons. The van der Waals surface area contributed by atoms with Crippen molar-refractivity contribution >= 4 is 28.6 Å². The van der Waals surface area contributed by atoms with Gasteiger partial charge in [0.05, 0.1) is 12.5 Å². The highest BCUT2D eigenvalue weighted by Gasteiger charge is 2.49. The van der Waals surface area contributed by atoms with Gasteiger partial charge in [-0.25, -0.2) is 0 Å². The van der Waals surface area contributed by atoms with Crippen LogP contribution >= 0.6 is 22.6 Å². The first-order valence-corrected chi connectivity index (χ1v) is 8.19. The Bertz CT molecular complexity index is 741. The van der Waals surface area contributed by atoms with E-state index in [1.165, 1.54) is 0 Å². The molecule has 1 aliphatic rings. The highest BCUT2D eigenvalue weighted by Crippen LogP contribution is 2.51. The summed E-state index contributed by atoms with van der Waals surface area (Å²) in [6.07, 6.45) is 0.552. The number of hydrogen-bond acceptors (Lipinski definition) is 2. The first-order chi connectivity index (χ1) is 10.5. The molecule has 0 saturated heterocycles. The molecule has 1 aliphatic carbocycles. The summed E-state index contributed by atoms with van der Waals surface area (Å²) in [4.78, 5) is 12.0. The van der Waals surface area contributed by atoms with Crippen LogP contribution in [0.15, 0.2) is 42.5 Å². The number of rotatable bonds is 3. The fraction of sp³-hybridized carbons (Fsp3) is 0.278. The number of halogens is 1. The lowest BCUT2D eigenvalue weighted by molar-refractivity contribution is -0.148. The Labute approximate surface area is 143 Å². The molecule has 3 rings (SSSR count). The lowest BCUT2D eigenvalue weighted by Gasteiger charge is -2.28. The van der Waals surface area contributed by atoms with Gasteiger partial charge in [0.1, 0.15) is 5.75 Å². The average molecular weight is 408 g/mol. The average Bonchev–Trinajstić information content (AvgIpc) is 2.80. The Morgan fingerprint density at radius 2 is 2.09 bits per heavy atom. The number of hydrogen-bond donors (Lipinski definition) is 1. The predicted octanol–water partition coefficient (Wildman–Crippen LogP) is 4.08. The minimum absolute atomic E-state index is 0.162. The lowest BCUT2D eigenvalue weighted by Crippen LogP contribution is -2.32. The predicted molar refractivity (Wildman–Crippen MR) is 93.4 cm³/mol. The van der Waals surface area contributed by atoms with E-state index in [2.05, 4.69) is 34.7 Å². The van der Waals surface area contributed by atoms with Gasteiger partial charge in [-0.1, -0.05) is 18.2 Å². The van der Waals surface area contributed by atoms with Crippen molar-refractivity contribution in [3.63, 3.8) is 0 Å². The van der Waals surface area contributed by atoms with E-state index in [4.69, 9.17) is 4.74 Å². The summed E-state index contributed by atoms with van der Waals surface area (Å²) in [5.41, 5.74) is 2.40. The first kappa shape index (κ1) is 15.3. The Morgan fingerprint density at radius 1 is 1.32 bits per heavy atom. The van der Waals surface area contributed by atoms with Crippen molar-refractivity contribution in [2.75, 3.05) is 7.11 Å². The molecule has 0 aromatic heterocycles. The van der Waals surface area contributed by atoms with Gasteiger partial charge in [0, 0.05) is 9.49 Å². The molecule has 3 nitrogen and oxygen atoms in total. The standard InChI is InChI=1S/C18H17IO3/c1-18(17(20)21)10-12-6-7-13(19)9-15(12)16(18)11-4-3-5-14(8-11)22-2/h3-9,16H,10H2,1-2H3,(H,20,21)/t16-,18+/m1/s1. The van der Waals surface area contributed by atoms with Gasteiger partial charge in [-0.05, 0) is 76.9 Å². The maximum absolute atomic E-state index is 12.0. The van der Waals surface area contributed by atoms with Crippen molar-refractivity contribution in [3.05, 3.63) is 62.7 Å². The zero-order chi connectivity index (χ0) is 15.9. The highest BCUT2D eigenvalue weighted by atomic mass is 127. The largest absolute Gasteiger partial charge is 0.497 e. The van der Waals surface area contributed by atoms with Gasteiger partial charge in [0.25, 0.3) is 0 Å². The summed E-state index contributed by atoms with van der Waals surface area (Å²) >= 11 is 2.27. The van der Waals surface area contributed by atoms with Crippen LogP contribution in [0.25, 0.3) is 0 Å². The molecule has 114 valence electrons. The molecule has 2 aromatic carbocycles. The molecule has 0 spiro atoms. The van der Waals surface area contributed by atoms with E-state index in [9.17, 15) is 9.90 Å². The fourth-order valence-electron chi connectivity index (χ4n) is 3.40. The van der Waals surface area contributed by atoms with Gasteiger partial charge in [-0.15, -0.1) is 0 Å². The van der Waals surface area contributed by atoms with Crippen molar-refractivity contribution in [1.29, 1.82) is 0 Å². The minimum atomic E-state index is -0.834. The van der Waals surface area contributed by atoms with E-state index in [1.807, 2.05) is 37.3 Å². The van der Waals surface area contributed by atoms with Crippen molar-refractivity contribution in [3.8, 4) is 5.75 Å². The van der Waals surface area contributed by atoms with E-state index < -0.39 is 11.4 Å². The van der Waals surface area contributed by atoms with E-state index in [1.54, 1.807) is 7.11 Å². The van der Waals surface area contributed by atoms with E-state index in [0.717, 1.165) is 26.0 Å². The topological polar surface area (TPSA) is 46.5 Å². The Morgan fingerprint density at radius 3 is 2.77 bits per heavy atom. The van der Waals surface area contributed by atoms with Crippen LogP contribution in [0.2, 0.25) is 0 Å². The smallest absolute Gasteiger partial charge is 0.310 e. The molecule has 0 heterocycles. The third kappa shape index (κ3) is 2.39. The summed E-state index contributed by atoms with van der Waals surface area (Å²) in [5.74, 6) is -0.166. The molecule has 0 aliphatic heterocycles. The van der Waals surface area contributed by atoms with Gasteiger partial charge in [0.15, 0.2) is 0 Å². The molecule has 0 fully saturated rings.